The van der Waals surface area contributed by atoms with Crippen molar-refractivity contribution >= 4 is 71.4 Å². The predicted molar refractivity (Wildman–Crippen MR) is 233 cm³/mol. The minimum atomic E-state index is 1.10. The van der Waals surface area contributed by atoms with Gasteiger partial charge in [0.25, 0.3) is 0 Å². The van der Waals surface area contributed by atoms with Gasteiger partial charge >= 0.3 is 0 Å². The van der Waals surface area contributed by atoms with Crippen LogP contribution >= 0.6 is 0 Å². The van der Waals surface area contributed by atoms with Crippen LogP contribution in [0.1, 0.15) is 0 Å². The van der Waals surface area contributed by atoms with Crippen LogP contribution < -0.4 is 4.90 Å². The zero-order valence-corrected chi connectivity index (χ0v) is 30.0. The van der Waals surface area contributed by atoms with Crippen LogP contribution in [-0.2, 0) is 0 Å². The Kier molecular flexibility index (Phi) is 7.17. The summed E-state index contributed by atoms with van der Waals surface area (Å²) in [6.45, 7) is 0. The first-order valence-corrected chi connectivity index (χ1v) is 18.9. The summed E-state index contributed by atoms with van der Waals surface area (Å²) in [6, 6.07) is 76.8. The van der Waals surface area contributed by atoms with Crippen molar-refractivity contribution in [3.8, 4) is 22.5 Å². The molecule has 0 spiro atoms. The Bertz CT molecular complexity index is 3140. The maximum Gasteiger partial charge on any atom is 0.0541 e. The largest absolute Gasteiger partial charge is 0.310 e. The van der Waals surface area contributed by atoms with Crippen LogP contribution in [0, 0.1) is 0 Å². The van der Waals surface area contributed by atoms with Gasteiger partial charge in [-0.05, 0) is 90.0 Å². The van der Waals surface area contributed by atoms with E-state index in [2.05, 4.69) is 226 Å². The zero-order chi connectivity index (χ0) is 36.3. The van der Waals surface area contributed by atoms with Gasteiger partial charge in [-0.25, -0.2) is 0 Å². The molecule has 0 fully saturated rings. The van der Waals surface area contributed by atoms with Crippen LogP contribution in [0.5, 0.6) is 0 Å². The second-order valence-corrected chi connectivity index (χ2v) is 14.2. The van der Waals surface area contributed by atoms with Crippen molar-refractivity contribution in [2.45, 2.75) is 0 Å². The zero-order valence-electron chi connectivity index (χ0n) is 30.0. The number of para-hydroxylation sites is 5. The highest BCUT2D eigenvalue weighted by Crippen LogP contribution is 2.42. The first kappa shape index (κ1) is 31.2. The van der Waals surface area contributed by atoms with E-state index in [1.165, 1.54) is 76.9 Å². The first-order chi connectivity index (χ1) is 27.3. The fraction of sp³-hybridized carbons (Fsp3) is 0. The highest BCUT2D eigenvalue weighted by Gasteiger charge is 2.19. The molecule has 9 aromatic carbocycles. The molecule has 258 valence electrons. The monoisotopic (exact) mass is 701 g/mol. The lowest BCUT2D eigenvalue weighted by molar-refractivity contribution is 1.18. The van der Waals surface area contributed by atoms with E-state index in [1.54, 1.807) is 0 Å². The Labute approximate surface area is 319 Å². The van der Waals surface area contributed by atoms with E-state index in [9.17, 15) is 0 Å². The molecule has 0 unspecified atom stereocenters. The third-order valence-electron chi connectivity index (χ3n) is 11.1. The molecule has 2 aromatic heterocycles. The second kappa shape index (κ2) is 12.6. The number of fused-ring (bicyclic) bond motifs is 7. The molecule has 0 aliphatic rings. The van der Waals surface area contributed by atoms with Gasteiger partial charge in [0, 0.05) is 49.4 Å². The molecule has 55 heavy (non-hydrogen) atoms. The minimum Gasteiger partial charge on any atom is -0.310 e. The number of rotatable bonds is 6. The molecule has 3 heteroatoms. The number of hydrogen-bond acceptors (Lipinski definition) is 1. The molecule has 0 bridgehead atoms. The van der Waals surface area contributed by atoms with Crippen LogP contribution in [-0.4, -0.2) is 9.13 Å². The van der Waals surface area contributed by atoms with Gasteiger partial charge in [0.2, 0.25) is 0 Å². The van der Waals surface area contributed by atoms with Gasteiger partial charge in [-0.15, -0.1) is 0 Å². The van der Waals surface area contributed by atoms with Crippen LogP contribution in [0.15, 0.2) is 212 Å². The highest BCUT2D eigenvalue weighted by molar-refractivity contribution is 6.12. The molecule has 0 amide bonds. The van der Waals surface area contributed by atoms with Crippen molar-refractivity contribution in [3.05, 3.63) is 212 Å². The van der Waals surface area contributed by atoms with Crippen LogP contribution in [0.4, 0.5) is 17.1 Å². The summed E-state index contributed by atoms with van der Waals surface area (Å²) in [5.41, 5.74) is 12.9. The summed E-state index contributed by atoms with van der Waals surface area (Å²) in [4.78, 5) is 2.39. The van der Waals surface area contributed by atoms with Gasteiger partial charge in [-0.2, -0.15) is 0 Å². The lowest BCUT2D eigenvalue weighted by Gasteiger charge is -2.27. The van der Waals surface area contributed by atoms with E-state index in [1.807, 2.05) is 0 Å². The molecule has 0 aliphatic heterocycles. The number of nitrogens with zero attached hydrogens (tertiary/aromatic N) is 3. The minimum absolute atomic E-state index is 1.10. The maximum absolute atomic E-state index is 2.42. The normalized spacial score (nSPS) is 11.6. The Morgan fingerprint density at radius 2 is 0.782 bits per heavy atom. The molecule has 0 N–H and O–H groups in total. The molecule has 11 aromatic rings. The van der Waals surface area contributed by atoms with Crippen molar-refractivity contribution in [1.29, 1.82) is 0 Å². The summed E-state index contributed by atoms with van der Waals surface area (Å²) < 4.78 is 4.79. The fourth-order valence-corrected chi connectivity index (χ4v) is 8.66. The Balaban J connectivity index is 1.04. The van der Waals surface area contributed by atoms with Crippen LogP contribution in [0.2, 0.25) is 0 Å². The van der Waals surface area contributed by atoms with Gasteiger partial charge in [0.05, 0.1) is 33.4 Å². The molecule has 3 nitrogen and oxygen atoms in total. The molecule has 0 radical (unpaired) electrons. The summed E-state index contributed by atoms with van der Waals surface area (Å²) in [7, 11) is 0. The third-order valence-corrected chi connectivity index (χ3v) is 11.1. The topological polar surface area (TPSA) is 13.1 Å². The maximum atomic E-state index is 2.42. The lowest BCUT2D eigenvalue weighted by atomic mass is 10.0. The summed E-state index contributed by atoms with van der Waals surface area (Å²) in [5, 5.41) is 7.42. The number of benzene rings is 9. The van der Waals surface area contributed by atoms with Crippen LogP contribution in [0.25, 0.3) is 76.9 Å². The number of hydrogen-bond donors (Lipinski definition) is 0. The average molecular weight is 702 g/mol. The fourth-order valence-electron chi connectivity index (χ4n) is 8.66. The molecule has 0 atom stereocenters. The van der Waals surface area contributed by atoms with E-state index in [4.69, 9.17) is 0 Å². The second-order valence-electron chi connectivity index (χ2n) is 14.2. The van der Waals surface area contributed by atoms with E-state index < -0.39 is 0 Å². The van der Waals surface area contributed by atoms with Gasteiger partial charge in [-0.3, -0.25) is 0 Å². The standard InChI is InChI=1S/C52H35N3/c1-3-15-38(16-4-1)53(47-27-13-23-44-43(47)22-14-28-51(44)55-49-25-11-7-19-41(49)42-20-8-12-26-50(42)55)40-32-29-36(30-33-40)37-31-34-52-46(35-37)45-21-9-10-24-48(45)54(52)39-17-5-2-6-18-39/h1-35H. The summed E-state index contributed by atoms with van der Waals surface area (Å²) in [5.74, 6) is 0. The summed E-state index contributed by atoms with van der Waals surface area (Å²) >= 11 is 0. The number of anilines is 3. The number of aromatic nitrogens is 2. The highest BCUT2D eigenvalue weighted by atomic mass is 15.1. The predicted octanol–water partition coefficient (Wildman–Crippen LogP) is 14.2. The van der Waals surface area contributed by atoms with Crippen molar-refractivity contribution < 1.29 is 0 Å². The van der Waals surface area contributed by atoms with Crippen molar-refractivity contribution in [1.82, 2.24) is 9.13 Å². The van der Waals surface area contributed by atoms with Gasteiger partial charge < -0.3 is 14.0 Å². The van der Waals surface area contributed by atoms with Crippen molar-refractivity contribution in [3.63, 3.8) is 0 Å². The van der Waals surface area contributed by atoms with Crippen molar-refractivity contribution in [2.75, 3.05) is 4.90 Å². The SMILES string of the molecule is c1ccc(N(c2ccc(-c3ccc4c(c3)c3ccccc3n4-c3ccccc3)cc2)c2cccc3c(-n4c5ccccc5c5ccccc54)cccc23)cc1. The average Bonchev–Trinajstić information content (AvgIpc) is 3.77. The summed E-state index contributed by atoms with van der Waals surface area (Å²) in [6.07, 6.45) is 0. The van der Waals surface area contributed by atoms with Gasteiger partial charge in [-0.1, -0.05) is 133 Å². The smallest absolute Gasteiger partial charge is 0.0541 e. The van der Waals surface area contributed by atoms with E-state index in [-0.39, 0.29) is 0 Å². The quantitative estimate of drug-likeness (QED) is 0.168. The third kappa shape index (κ3) is 4.98. The van der Waals surface area contributed by atoms with E-state index >= 15 is 0 Å². The molecule has 2 heterocycles. The Morgan fingerprint density at radius 3 is 1.47 bits per heavy atom. The molecule has 11 rings (SSSR count). The molecular formula is C52H35N3. The molecule has 0 aliphatic carbocycles. The lowest BCUT2D eigenvalue weighted by Crippen LogP contribution is -2.10. The Morgan fingerprint density at radius 1 is 0.291 bits per heavy atom. The van der Waals surface area contributed by atoms with Crippen LogP contribution in [0.3, 0.4) is 0 Å². The van der Waals surface area contributed by atoms with Gasteiger partial charge in [0.15, 0.2) is 0 Å². The first-order valence-electron chi connectivity index (χ1n) is 18.9. The Hall–Kier alpha value is -7.36. The van der Waals surface area contributed by atoms with Crippen molar-refractivity contribution in [2.24, 2.45) is 0 Å². The molecule has 0 saturated heterocycles. The molecule has 0 saturated carbocycles. The van der Waals surface area contributed by atoms with Gasteiger partial charge in [0.1, 0.15) is 0 Å². The van der Waals surface area contributed by atoms with E-state index in [0.29, 0.717) is 0 Å². The molecular weight excluding hydrogens is 667 g/mol. The van der Waals surface area contributed by atoms with E-state index in [0.717, 1.165) is 17.1 Å².